The second kappa shape index (κ2) is 12.0. The number of benzene rings is 3. The van der Waals surface area contributed by atoms with Gasteiger partial charge in [-0.15, -0.1) is 0 Å². The molecule has 228 valence electrons. The van der Waals surface area contributed by atoms with Crippen molar-refractivity contribution < 1.29 is 18.4 Å². The van der Waals surface area contributed by atoms with Gasteiger partial charge in [-0.05, 0) is 68.7 Å². The van der Waals surface area contributed by atoms with Crippen LogP contribution in [0.15, 0.2) is 89.7 Å². The largest absolute Gasteiger partial charge is 0.348 e. The summed E-state index contributed by atoms with van der Waals surface area (Å²) in [6, 6.07) is 22.6. The fourth-order valence-corrected chi connectivity index (χ4v) is 6.04. The third-order valence-electron chi connectivity index (χ3n) is 8.67. The number of nitrogens with one attached hydrogen (secondary N) is 1. The van der Waals surface area contributed by atoms with Crippen LogP contribution in [0.4, 0.5) is 14.7 Å². The number of amides is 1. The van der Waals surface area contributed by atoms with Gasteiger partial charge in [0.15, 0.2) is 5.65 Å². The number of hydrogen-bond acceptors (Lipinski definition) is 6. The molecule has 0 unspecified atom stereocenters. The minimum Gasteiger partial charge on any atom is -0.348 e. The first kappa shape index (κ1) is 29.8. The van der Waals surface area contributed by atoms with E-state index in [9.17, 15) is 23.2 Å². The molecule has 3 aromatic carbocycles. The smallest absolute Gasteiger partial charge is 0.256 e. The van der Waals surface area contributed by atoms with Crippen molar-refractivity contribution in [2.24, 2.45) is 0 Å². The lowest BCUT2D eigenvalue weighted by atomic mass is 9.70. The van der Waals surface area contributed by atoms with Crippen LogP contribution in [0.3, 0.4) is 0 Å². The third kappa shape index (κ3) is 5.71. The van der Waals surface area contributed by atoms with Crippen molar-refractivity contribution in [2.75, 3.05) is 18.0 Å². The highest BCUT2D eigenvalue weighted by Crippen LogP contribution is 2.37. The number of halogens is 2. The number of piperidine rings is 1. The van der Waals surface area contributed by atoms with Crippen molar-refractivity contribution in [1.82, 2.24) is 19.9 Å². The molecule has 1 fully saturated rings. The number of ketones is 1. The molecule has 2 aromatic heterocycles. The van der Waals surface area contributed by atoms with Gasteiger partial charge < -0.3 is 10.2 Å². The number of fused-ring (bicyclic) bond motifs is 1. The molecule has 0 aliphatic carbocycles. The maximum atomic E-state index is 14.0. The Kier molecular flexibility index (Phi) is 7.97. The Labute approximate surface area is 258 Å². The molecule has 1 aliphatic heterocycles. The van der Waals surface area contributed by atoms with Crippen molar-refractivity contribution in [3.63, 3.8) is 0 Å². The number of carbonyl (C=O) groups is 2. The van der Waals surface area contributed by atoms with Gasteiger partial charge in [-0.25, -0.2) is 13.8 Å². The number of anilines is 1. The van der Waals surface area contributed by atoms with E-state index in [0.717, 1.165) is 17.7 Å². The summed E-state index contributed by atoms with van der Waals surface area (Å²) in [5.41, 5.74) is 2.27. The minimum absolute atomic E-state index is 0.107. The van der Waals surface area contributed by atoms with Gasteiger partial charge in [0.25, 0.3) is 11.5 Å². The van der Waals surface area contributed by atoms with E-state index in [1.807, 2.05) is 37.3 Å². The van der Waals surface area contributed by atoms with Crippen LogP contribution in [-0.4, -0.2) is 39.3 Å². The number of aryl methyl sites for hydroxylation is 1. The summed E-state index contributed by atoms with van der Waals surface area (Å²) in [6.07, 6.45) is 1.23. The number of aromatic nitrogens is 3. The molecule has 1 N–H and O–H groups in total. The molecule has 0 spiro atoms. The fraction of sp³-hybridized carbons (Fsp3) is 0.229. The number of rotatable bonds is 7. The van der Waals surface area contributed by atoms with Crippen molar-refractivity contribution in [2.45, 2.75) is 38.6 Å². The maximum absolute atomic E-state index is 14.0. The summed E-state index contributed by atoms with van der Waals surface area (Å²) in [4.78, 5) is 50.5. The number of carbonyl (C=O) groups excluding carboxylic acids is 2. The van der Waals surface area contributed by atoms with Gasteiger partial charge in [0.05, 0.1) is 16.8 Å². The molecule has 0 radical (unpaired) electrons. The van der Waals surface area contributed by atoms with Crippen molar-refractivity contribution in [3.8, 4) is 5.69 Å². The van der Waals surface area contributed by atoms with E-state index in [-0.39, 0.29) is 23.5 Å². The van der Waals surface area contributed by atoms with Gasteiger partial charge in [0.1, 0.15) is 17.4 Å². The Hall–Kier alpha value is -5.25. The lowest BCUT2D eigenvalue weighted by Gasteiger charge is -2.40. The van der Waals surface area contributed by atoms with Crippen LogP contribution >= 0.6 is 0 Å². The van der Waals surface area contributed by atoms with E-state index >= 15 is 0 Å². The highest BCUT2D eigenvalue weighted by molar-refractivity contribution is 5.94. The number of pyridine rings is 1. The Morgan fingerprint density at radius 2 is 1.62 bits per heavy atom. The summed E-state index contributed by atoms with van der Waals surface area (Å²) in [5.74, 6) is -1.26. The summed E-state index contributed by atoms with van der Waals surface area (Å²) >= 11 is 0. The molecule has 8 nitrogen and oxygen atoms in total. The second-order valence-electron chi connectivity index (χ2n) is 11.3. The molecule has 1 amide bonds. The quantitative estimate of drug-likeness (QED) is 0.265. The highest BCUT2D eigenvalue weighted by Gasteiger charge is 2.41. The molecule has 10 heteroatoms. The summed E-state index contributed by atoms with van der Waals surface area (Å²) in [6.45, 7) is 4.56. The number of nitrogens with zero attached hydrogens (tertiary/aromatic N) is 4. The van der Waals surface area contributed by atoms with Crippen LogP contribution in [0.1, 0.15) is 46.9 Å². The molecule has 0 atom stereocenters. The van der Waals surface area contributed by atoms with Crippen LogP contribution < -0.4 is 15.8 Å². The van der Waals surface area contributed by atoms with Crippen LogP contribution in [0.2, 0.25) is 0 Å². The Morgan fingerprint density at radius 3 is 2.29 bits per heavy atom. The Balaban J connectivity index is 1.26. The SMILES string of the molecule is CC(=O)C1(c2ccccc2)CCN(c2nc(C)c3ccc(=O)n(-c4ccc(C(=O)NCc5ccc(F)cc5F)cc4)c3n2)CC1. The molecule has 1 aliphatic rings. The predicted molar refractivity (Wildman–Crippen MR) is 168 cm³/mol. The highest BCUT2D eigenvalue weighted by atomic mass is 19.1. The summed E-state index contributed by atoms with van der Waals surface area (Å²) < 4.78 is 28.6. The van der Waals surface area contributed by atoms with E-state index in [1.54, 1.807) is 37.3 Å². The van der Waals surface area contributed by atoms with Crippen LogP contribution in [0, 0.1) is 18.6 Å². The van der Waals surface area contributed by atoms with Crippen LogP contribution in [-0.2, 0) is 16.8 Å². The van der Waals surface area contributed by atoms with Gasteiger partial charge >= 0.3 is 0 Å². The van der Waals surface area contributed by atoms with Gasteiger partial charge in [-0.2, -0.15) is 4.98 Å². The fourth-order valence-electron chi connectivity index (χ4n) is 6.04. The number of Topliss-reactive ketones (excluding diaryl/α,β-unsaturated/α-hetero) is 1. The zero-order valence-corrected chi connectivity index (χ0v) is 24.9. The molecule has 3 heterocycles. The minimum atomic E-state index is -0.739. The molecular formula is C35H31F2N5O3. The molecule has 0 bridgehead atoms. The molecule has 45 heavy (non-hydrogen) atoms. The van der Waals surface area contributed by atoms with Crippen LogP contribution in [0.25, 0.3) is 16.7 Å². The van der Waals surface area contributed by atoms with E-state index < -0.39 is 23.0 Å². The zero-order chi connectivity index (χ0) is 31.7. The van der Waals surface area contributed by atoms with E-state index in [1.165, 1.54) is 16.7 Å². The van der Waals surface area contributed by atoms with Gasteiger partial charge in [-0.3, -0.25) is 19.0 Å². The Morgan fingerprint density at radius 1 is 0.911 bits per heavy atom. The average molecular weight is 608 g/mol. The predicted octanol–water partition coefficient (Wildman–Crippen LogP) is 5.42. The molecule has 1 saturated heterocycles. The topological polar surface area (TPSA) is 97.2 Å². The van der Waals surface area contributed by atoms with E-state index in [2.05, 4.69) is 10.2 Å². The monoisotopic (exact) mass is 607 g/mol. The molecule has 0 saturated carbocycles. The lowest BCUT2D eigenvalue weighted by Crippen LogP contribution is -2.47. The normalized spacial score (nSPS) is 14.4. The van der Waals surface area contributed by atoms with Crippen molar-refractivity contribution in [1.29, 1.82) is 0 Å². The molecule has 5 aromatic rings. The maximum Gasteiger partial charge on any atom is 0.256 e. The summed E-state index contributed by atoms with van der Waals surface area (Å²) in [7, 11) is 0. The molecular weight excluding hydrogens is 576 g/mol. The zero-order valence-electron chi connectivity index (χ0n) is 24.9. The Bertz CT molecular complexity index is 1970. The summed E-state index contributed by atoms with van der Waals surface area (Å²) in [5, 5.41) is 3.34. The first-order valence-corrected chi connectivity index (χ1v) is 14.7. The third-order valence-corrected chi connectivity index (χ3v) is 8.67. The van der Waals surface area contributed by atoms with Gasteiger partial charge in [-0.1, -0.05) is 36.4 Å². The van der Waals surface area contributed by atoms with Crippen molar-refractivity contribution >= 4 is 28.7 Å². The first-order chi connectivity index (χ1) is 21.7. The lowest BCUT2D eigenvalue weighted by molar-refractivity contribution is -0.123. The van der Waals surface area contributed by atoms with Gasteiger partial charge in [0.2, 0.25) is 5.95 Å². The van der Waals surface area contributed by atoms with Crippen LogP contribution in [0.5, 0.6) is 0 Å². The van der Waals surface area contributed by atoms with Crippen molar-refractivity contribution in [3.05, 3.63) is 129 Å². The molecule has 6 rings (SSSR count). The first-order valence-electron chi connectivity index (χ1n) is 14.7. The standard InChI is InChI=1S/C35H31F2N5O3/c1-22-29-14-15-31(44)42(28-12-9-24(10-13-28)33(45)38-21-25-8-11-27(36)20-30(25)37)32(29)40-34(39-22)41-18-16-35(17-19-41,23(2)43)26-6-4-3-5-7-26/h3-15,20H,16-19,21H2,1-2H3,(H,38,45). The average Bonchev–Trinajstić information content (AvgIpc) is 3.04. The van der Waals surface area contributed by atoms with E-state index in [4.69, 9.17) is 9.97 Å². The number of hydrogen-bond donors (Lipinski definition) is 1. The van der Waals surface area contributed by atoms with Gasteiger partial charge in [0, 0.05) is 48.3 Å². The second-order valence-corrected chi connectivity index (χ2v) is 11.3. The van der Waals surface area contributed by atoms with E-state index in [0.29, 0.717) is 59.9 Å².